The highest BCUT2D eigenvalue weighted by molar-refractivity contribution is 5.77. The van der Waals surface area contributed by atoms with Crippen molar-refractivity contribution in [3.05, 3.63) is 65.5 Å². The third kappa shape index (κ3) is 5.01. The predicted octanol–water partition coefficient (Wildman–Crippen LogP) is 3.86. The van der Waals surface area contributed by atoms with Gasteiger partial charge < -0.3 is 24.4 Å². The van der Waals surface area contributed by atoms with E-state index in [1.165, 1.54) is 11.3 Å². The Kier molecular flexibility index (Phi) is 6.26. The molecule has 0 bridgehead atoms. The number of fused-ring (bicyclic) bond motifs is 1. The maximum Gasteiger partial charge on any atom is 0.224 e. The maximum atomic E-state index is 13.0. The molecule has 0 radical (unpaired) electrons. The lowest BCUT2D eigenvalue weighted by atomic mass is 10.0. The van der Waals surface area contributed by atoms with Crippen molar-refractivity contribution in [2.75, 3.05) is 43.0 Å². The Balaban J connectivity index is 1.19. The van der Waals surface area contributed by atoms with Gasteiger partial charge in [-0.1, -0.05) is 29.4 Å². The fourth-order valence-electron chi connectivity index (χ4n) is 4.54. The summed E-state index contributed by atoms with van der Waals surface area (Å²) in [5.74, 6) is 2.17. The fraction of sp³-hybridized carbons (Fsp3) is 0.400. The number of para-hydroxylation sites is 1. The molecule has 1 atom stereocenters. The molecule has 1 N–H and O–H groups in total. The summed E-state index contributed by atoms with van der Waals surface area (Å²) >= 11 is 0. The van der Waals surface area contributed by atoms with E-state index in [9.17, 15) is 4.79 Å². The van der Waals surface area contributed by atoms with Gasteiger partial charge in [0, 0.05) is 37.8 Å². The molecule has 8 heteroatoms. The molecule has 2 aromatic heterocycles. The molecule has 1 saturated heterocycles. The van der Waals surface area contributed by atoms with Crippen molar-refractivity contribution in [3.8, 4) is 0 Å². The van der Waals surface area contributed by atoms with Crippen molar-refractivity contribution in [1.82, 2.24) is 15.0 Å². The van der Waals surface area contributed by atoms with E-state index >= 15 is 0 Å². The van der Waals surface area contributed by atoms with Crippen LogP contribution in [0.25, 0.3) is 0 Å². The first-order chi connectivity index (χ1) is 16.2. The average molecular weight is 448 g/mol. The number of benzene rings is 1. The Bertz CT molecular complexity index is 1110. The van der Waals surface area contributed by atoms with Crippen molar-refractivity contribution >= 4 is 23.2 Å². The minimum Gasteiger partial charge on any atom is -0.371 e. The van der Waals surface area contributed by atoms with E-state index in [0.717, 1.165) is 37.4 Å². The molecule has 33 heavy (non-hydrogen) atoms. The van der Waals surface area contributed by atoms with Gasteiger partial charge in [-0.3, -0.25) is 4.79 Å². The zero-order valence-corrected chi connectivity index (χ0v) is 18.9. The minimum atomic E-state index is -0.251. The number of hydrogen-bond acceptors (Lipinski definition) is 7. The van der Waals surface area contributed by atoms with E-state index in [0.29, 0.717) is 37.8 Å². The van der Waals surface area contributed by atoms with Crippen LogP contribution >= 0.6 is 0 Å². The van der Waals surface area contributed by atoms with Gasteiger partial charge in [-0.05, 0) is 43.5 Å². The Morgan fingerprint density at radius 2 is 2.06 bits per heavy atom. The number of amides is 1. The van der Waals surface area contributed by atoms with Gasteiger partial charge in [0.05, 0.1) is 18.8 Å². The molecule has 0 saturated carbocycles. The second kappa shape index (κ2) is 9.62. The summed E-state index contributed by atoms with van der Waals surface area (Å²) in [6.07, 6.45) is 2.50. The molecule has 0 aliphatic carbocycles. The third-order valence-electron chi connectivity index (χ3n) is 6.21. The number of pyridine rings is 1. The first-order valence-electron chi connectivity index (χ1n) is 11.6. The SMILES string of the molecule is Cc1cc(Nc2cccc(C3CN(C(=O)CCN4CCCc5ccccc54)CCO3)n2)no1. The zero-order chi connectivity index (χ0) is 22.6. The lowest BCUT2D eigenvalue weighted by Gasteiger charge is -2.34. The number of morpholine rings is 1. The van der Waals surface area contributed by atoms with Crippen molar-refractivity contribution in [2.45, 2.75) is 32.3 Å². The molecule has 1 amide bonds. The molecular formula is C25H29N5O3. The number of anilines is 3. The monoisotopic (exact) mass is 447 g/mol. The van der Waals surface area contributed by atoms with Crippen molar-refractivity contribution in [2.24, 2.45) is 0 Å². The Labute approximate surface area is 193 Å². The normalized spacial score (nSPS) is 18.2. The highest BCUT2D eigenvalue weighted by Gasteiger charge is 2.27. The van der Waals surface area contributed by atoms with E-state index in [4.69, 9.17) is 9.26 Å². The standard InChI is InChI=1S/C25H29N5O3/c1-18-16-24(28-33-18)27-23-10-4-8-20(26-23)22-17-30(14-15-32-22)25(31)11-13-29-12-5-7-19-6-2-3-9-21(19)29/h2-4,6,8-10,16,22H,5,7,11-15,17H2,1H3,(H,26,27,28). The van der Waals surface area contributed by atoms with Gasteiger partial charge in [0.25, 0.3) is 0 Å². The van der Waals surface area contributed by atoms with Crippen LogP contribution in [0, 0.1) is 6.92 Å². The van der Waals surface area contributed by atoms with Crippen LogP contribution in [0.3, 0.4) is 0 Å². The Morgan fingerprint density at radius 3 is 2.94 bits per heavy atom. The number of carbonyl (C=O) groups excluding carboxylic acids is 1. The van der Waals surface area contributed by atoms with Crippen molar-refractivity contribution < 1.29 is 14.1 Å². The van der Waals surface area contributed by atoms with Crippen LogP contribution in [0.1, 0.15) is 36.0 Å². The van der Waals surface area contributed by atoms with Crippen LogP contribution in [0.15, 0.2) is 53.1 Å². The molecule has 4 heterocycles. The summed E-state index contributed by atoms with van der Waals surface area (Å²) in [6.45, 7) is 5.22. The highest BCUT2D eigenvalue weighted by Crippen LogP contribution is 2.27. The van der Waals surface area contributed by atoms with Crippen LogP contribution in [-0.4, -0.2) is 53.7 Å². The molecule has 3 aromatic rings. The Hall–Kier alpha value is -3.39. The molecule has 2 aliphatic heterocycles. The number of aromatic nitrogens is 2. The Morgan fingerprint density at radius 1 is 1.15 bits per heavy atom. The van der Waals surface area contributed by atoms with Crippen molar-refractivity contribution in [1.29, 1.82) is 0 Å². The summed E-state index contributed by atoms with van der Waals surface area (Å²) in [6, 6.07) is 16.1. The molecule has 172 valence electrons. The minimum absolute atomic E-state index is 0.165. The predicted molar refractivity (Wildman–Crippen MR) is 126 cm³/mol. The van der Waals surface area contributed by atoms with Crippen LogP contribution in [-0.2, 0) is 16.0 Å². The third-order valence-corrected chi connectivity index (χ3v) is 6.21. The zero-order valence-electron chi connectivity index (χ0n) is 18.9. The number of nitrogens with zero attached hydrogens (tertiary/aromatic N) is 4. The van der Waals surface area contributed by atoms with E-state index in [2.05, 4.69) is 44.6 Å². The summed E-state index contributed by atoms with van der Waals surface area (Å²) in [5, 5.41) is 7.09. The molecule has 2 aliphatic rings. The number of ether oxygens (including phenoxy) is 1. The number of aryl methyl sites for hydroxylation is 2. The highest BCUT2D eigenvalue weighted by atomic mass is 16.5. The van der Waals surface area contributed by atoms with Crippen LogP contribution in [0.5, 0.6) is 0 Å². The molecule has 1 fully saturated rings. The number of carbonyl (C=O) groups is 1. The maximum absolute atomic E-state index is 13.0. The quantitative estimate of drug-likeness (QED) is 0.614. The molecule has 0 spiro atoms. The molecule has 8 nitrogen and oxygen atoms in total. The van der Waals surface area contributed by atoms with Gasteiger partial charge in [-0.2, -0.15) is 0 Å². The summed E-state index contributed by atoms with van der Waals surface area (Å²) in [5.41, 5.74) is 3.44. The number of hydrogen-bond donors (Lipinski definition) is 1. The second-order valence-electron chi connectivity index (χ2n) is 8.56. The van der Waals surface area contributed by atoms with Crippen LogP contribution < -0.4 is 10.2 Å². The van der Waals surface area contributed by atoms with Gasteiger partial charge in [-0.25, -0.2) is 4.98 Å². The van der Waals surface area contributed by atoms with Crippen molar-refractivity contribution in [3.63, 3.8) is 0 Å². The fourth-order valence-corrected chi connectivity index (χ4v) is 4.54. The van der Waals surface area contributed by atoms with Gasteiger partial charge in [0.15, 0.2) is 5.82 Å². The molecule has 1 unspecified atom stereocenters. The van der Waals surface area contributed by atoms with Gasteiger partial charge in [-0.15, -0.1) is 0 Å². The van der Waals surface area contributed by atoms with Crippen LogP contribution in [0.2, 0.25) is 0 Å². The molecule has 1 aromatic carbocycles. The summed E-state index contributed by atoms with van der Waals surface area (Å²) < 4.78 is 11.1. The first-order valence-corrected chi connectivity index (χ1v) is 11.6. The van der Waals surface area contributed by atoms with E-state index in [-0.39, 0.29) is 12.0 Å². The van der Waals surface area contributed by atoms with E-state index < -0.39 is 0 Å². The second-order valence-corrected chi connectivity index (χ2v) is 8.56. The molecule has 5 rings (SSSR count). The van der Waals surface area contributed by atoms with Gasteiger partial charge >= 0.3 is 0 Å². The smallest absolute Gasteiger partial charge is 0.224 e. The van der Waals surface area contributed by atoms with E-state index in [1.54, 1.807) is 0 Å². The van der Waals surface area contributed by atoms with Gasteiger partial charge in [0.2, 0.25) is 5.91 Å². The number of rotatable bonds is 6. The van der Waals surface area contributed by atoms with E-state index in [1.807, 2.05) is 36.1 Å². The number of nitrogens with one attached hydrogen (secondary N) is 1. The molecular weight excluding hydrogens is 418 g/mol. The average Bonchev–Trinajstić information content (AvgIpc) is 3.27. The lowest BCUT2D eigenvalue weighted by Crippen LogP contribution is -2.43. The summed E-state index contributed by atoms with van der Waals surface area (Å²) in [4.78, 5) is 22.0. The summed E-state index contributed by atoms with van der Waals surface area (Å²) in [7, 11) is 0. The first kappa shape index (κ1) is 21.5. The largest absolute Gasteiger partial charge is 0.371 e. The lowest BCUT2D eigenvalue weighted by molar-refractivity contribution is -0.138. The van der Waals surface area contributed by atoms with Crippen LogP contribution in [0.4, 0.5) is 17.3 Å². The van der Waals surface area contributed by atoms with Gasteiger partial charge in [0.1, 0.15) is 17.7 Å². The topological polar surface area (TPSA) is 83.7 Å².